The molecule has 3 rings (SSSR count). The van der Waals surface area contributed by atoms with Gasteiger partial charge in [-0.2, -0.15) is 0 Å². The Labute approximate surface area is 152 Å². The van der Waals surface area contributed by atoms with Gasteiger partial charge in [-0.25, -0.2) is 9.78 Å². The molecule has 26 heavy (non-hydrogen) atoms. The first-order valence-electron chi connectivity index (χ1n) is 8.60. The topological polar surface area (TPSA) is 97.6 Å². The zero-order chi connectivity index (χ0) is 18.4. The van der Waals surface area contributed by atoms with E-state index < -0.39 is 18.6 Å². The Bertz CT molecular complexity index is 758. The highest BCUT2D eigenvalue weighted by molar-refractivity contribution is 5.78. The predicted octanol–water partition coefficient (Wildman–Crippen LogP) is 1.93. The SMILES string of the molecule is NC(=O)COC(=O)NC1CCN(c2ncccc2-c2ccccc2)CC1. The van der Waals surface area contributed by atoms with Gasteiger partial charge < -0.3 is 20.7 Å². The number of anilines is 1. The monoisotopic (exact) mass is 354 g/mol. The minimum absolute atomic E-state index is 0.00974. The van der Waals surface area contributed by atoms with Crippen LogP contribution in [0.25, 0.3) is 11.1 Å². The van der Waals surface area contributed by atoms with Gasteiger partial charge in [0.15, 0.2) is 6.61 Å². The molecule has 2 amide bonds. The quantitative estimate of drug-likeness (QED) is 0.855. The Hall–Kier alpha value is -3.09. The van der Waals surface area contributed by atoms with Crippen LogP contribution >= 0.6 is 0 Å². The van der Waals surface area contributed by atoms with Gasteiger partial charge in [0.25, 0.3) is 5.91 Å². The number of nitrogens with two attached hydrogens (primary N) is 1. The van der Waals surface area contributed by atoms with E-state index in [1.807, 2.05) is 24.3 Å². The van der Waals surface area contributed by atoms with E-state index in [0.717, 1.165) is 42.9 Å². The van der Waals surface area contributed by atoms with Crippen LogP contribution in [0, 0.1) is 0 Å². The van der Waals surface area contributed by atoms with Gasteiger partial charge in [0.1, 0.15) is 5.82 Å². The van der Waals surface area contributed by atoms with Crippen molar-refractivity contribution in [1.29, 1.82) is 0 Å². The fourth-order valence-electron chi connectivity index (χ4n) is 3.07. The zero-order valence-corrected chi connectivity index (χ0v) is 14.4. The molecule has 0 radical (unpaired) electrons. The molecule has 3 N–H and O–H groups in total. The van der Waals surface area contributed by atoms with Crippen LogP contribution < -0.4 is 16.0 Å². The van der Waals surface area contributed by atoms with E-state index in [2.05, 4.69) is 33.4 Å². The van der Waals surface area contributed by atoms with Crippen LogP contribution in [0.15, 0.2) is 48.7 Å². The number of nitrogens with zero attached hydrogens (tertiary/aromatic N) is 2. The van der Waals surface area contributed by atoms with Crippen molar-refractivity contribution >= 4 is 17.8 Å². The second-order valence-electron chi connectivity index (χ2n) is 6.19. The Balaban J connectivity index is 1.61. The second kappa shape index (κ2) is 8.33. The number of piperidine rings is 1. The zero-order valence-electron chi connectivity index (χ0n) is 14.4. The summed E-state index contributed by atoms with van der Waals surface area (Å²) in [4.78, 5) is 29.1. The summed E-state index contributed by atoms with van der Waals surface area (Å²) in [6.07, 6.45) is 2.74. The number of nitrogens with one attached hydrogen (secondary N) is 1. The molecule has 0 bridgehead atoms. The van der Waals surface area contributed by atoms with Gasteiger partial charge in [-0.15, -0.1) is 0 Å². The molecule has 1 aromatic carbocycles. The highest BCUT2D eigenvalue weighted by Crippen LogP contribution is 2.30. The van der Waals surface area contributed by atoms with E-state index in [4.69, 9.17) is 10.5 Å². The van der Waals surface area contributed by atoms with Crippen molar-refractivity contribution in [3.8, 4) is 11.1 Å². The van der Waals surface area contributed by atoms with Gasteiger partial charge >= 0.3 is 6.09 Å². The van der Waals surface area contributed by atoms with Crippen LogP contribution in [0.1, 0.15) is 12.8 Å². The molecule has 7 nitrogen and oxygen atoms in total. The van der Waals surface area contributed by atoms with Gasteiger partial charge in [-0.05, 0) is 30.5 Å². The highest BCUT2D eigenvalue weighted by Gasteiger charge is 2.23. The van der Waals surface area contributed by atoms with E-state index in [1.54, 1.807) is 6.20 Å². The minimum atomic E-state index is -0.668. The third-order valence-corrected chi connectivity index (χ3v) is 4.33. The lowest BCUT2D eigenvalue weighted by molar-refractivity contribution is -0.120. The Morgan fingerprint density at radius 1 is 1.15 bits per heavy atom. The fraction of sp³-hybridized carbons (Fsp3) is 0.316. The number of carbonyl (C=O) groups is 2. The van der Waals surface area contributed by atoms with Gasteiger partial charge in [-0.3, -0.25) is 4.79 Å². The van der Waals surface area contributed by atoms with Crippen LogP contribution in [0.2, 0.25) is 0 Å². The number of amides is 2. The third kappa shape index (κ3) is 4.50. The first kappa shape index (κ1) is 17.7. The lowest BCUT2D eigenvalue weighted by Gasteiger charge is -2.34. The molecule has 0 aliphatic carbocycles. The van der Waals surface area contributed by atoms with Gasteiger partial charge in [-0.1, -0.05) is 30.3 Å². The maximum absolute atomic E-state index is 11.6. The van der Waals surface area contributed by atoms with Crippen molar-refractivity contribution in [2.24, 2.45) is 5.73 Å². The number of rotatable bonds is 5. The molecule has 1 saturated heterocycles. The molecule has 136 valence electrons. The van der Waals surface area contributed by atoms with Crippen LogP contribution in [-0.2, 0) is 9.53 Å². The number of hydrogen-bond donors (Lipinski definition) is 2. The van der Waals surface area contributed by atoms with Crippen LogP contribution in [0.4, 0.5) is 10.6 Å². The molecule has 0 saturated carbocycles. The summed E-state index contributed by atoms with van der Waals surface area (Å²) in [6, 6.07) is 14.2. The average molecular weight is 354 g/mol. The molecule has 0 unspecified atom stereocenters. The lowest BCUT2D eigenvalue weighted by Crippen LogP contribution is -2.45. The Morgan fingerprint density at radius 3 is 2.58 bits per heavy atom. The molecule has 7 heteroatoms. The lowest BCUT2D eigenvalue weighted by atomic mass is 10.0. The summed E-state index contributed by atoms with van der Waals surface area (Å²) in [5.41, 5.74) is 7.19. The number of benzene rings is 1. The number of ether oxygens (including phenoxy) is 1. The van der Waals surface area contributed by atoms with Crippen molar-refractivity contribution in [3.63, 3.8) is 0 Å². The van der Waals surface area contributed by atoms with E-state index >= 15 is 0 Å². The molecule has 1 fully saturated rings. The van der Waals surface area contributed by atoms with Crippen molar-refractivity contribution in [1.82, 2.24) is 10.3 Å². The van der Waals surface area contributed by atoms with E-state index in [9.17, 15) is 9.59 Å². The standard InChI is InChI=1S/C19H22N4O3/c20-17(24)13-26-19(25)22-15-8-11-23(12-9-15)18-16(7-4-10-21-18)14-5-2-1-3-6-14/h1-7,10,15H,8-9,11-13H2,(H2,20,24)(H,22,25). The summed E-state index contributed by atoms with van der Waals surface area (Å²) >= 11 is 0. The highest BCUT2D eigenvalue weighted by atomic mass is 16.6. The maximum atomic E-state index is 11.6. The van der Waals surface area contributed by atoms with Crippen molar-refractivity contribution in [2.45, 2.75) is 18.9 Å². The van der Waals surface area contributed by atoms with Crippen molar-refractivity contribution in [3.05, 3.63) is 48.7 Å². The molecule has 1 aromatic heterocycles. The molecule has 2 heterocycles. The summed E-state index contributed by atoms with van der Waals surface area (Å²) < 4.78 is 4.74. The number of carbonyl (C=O) groups excluding carboxylic acids is 2. The molecular formula is C19H22N4O3. The summed E-state index contributed by atoms with van der Waals surface area (Å²) in [5, 5.41) is 2.78. The van der Waals surface area contributed by atoms with Crippen LogP contribution in [0.3, 0.4) is 0 Å². The first-order valence-corrected chi connectivity index (χ1v) is 8.60. The molecular weight excluding hydrogens is 332 g/mol. The smallest absolute Gasteiger partial charge is 0.407 e. The van der Waals surface area contributed by atoms with Crippen molar-refractivity contribution in [2.75, 3.05) is 24.6 Å². The number of primary amides is 1. The summed E-state index contributed by atoms with van der Waals surface area (Å²) in [6.45, 7) is 1.15. The second-order valence-corrected chi connectivity index (χ2v) is 6.19. The average Bonchev–Trinajstić information content (AvgIpc) is 2.68. The van der Waals surface area contributed by atoms with Crippen molar-refractivity contribution < 1.29 is 14.3 Å². The van der Waals surface area contributed by atoms with Gasteiger partial charge in [0, 0.05) is 30.9 Å². The third-order valence-electron chi connectivity index (χ3n) is 4.33. The van der Waals surface area contributed by atoms with Crippen LogP contribution in [0.5, 0.6) is 0 Å². The van der Waals surface area contributed by atoms with Gasteiger partial charge in [0.2, 0.25) is 0 Å². The number of alkyl carbamates (subject to hydrolysis) is 1. The summed E-state index contributed by atoms with van der Waals surface area (Å²) in [5.74, 6) is 0.284. The molecule has 2 aromatic rings. The fourth-order valence-corrected chi connectivity index (χ4v) is 3.07. The minimum Gasteiger partial charge on any atom is -0.439 e. The molecule has 1 aliphatic heterocycles. The largest absolute Gasteiger partial charge is 0.439 e. The normalized spacial score (nSPS) is 14.7. The number of pyridine rings is 1. The van der Waals surface area contributed by atoms with Crippen LogP contribution in [-0.4, -0.2) is 42.7 Å². The molecule has 0 spiro atoms. The maximum Gasteiger partial charge on any atom is 0.407 e. The molecule has 0 atom stereocenters. The summed E-state index contributed by atoms with van der Waals surface area (Å²) in [7, 11) is 0. The number of hydrogen-bond acceptors (Lipinski definition) is 5. The number of aromatic nitrogens is 1. The predicted molar refractivity (Wildman–Crippen MR) is 98.6 cm³/mol. The first-order chi connectivity index (χ1) is 12.6. The van der Waals surface area contributed by atoms with E-state index in [1.165, 1.54) is 0 Å². The van der Waals surface area contributed by atoms with E-state index in [0.29, 0.717) is 0 Å². The van der Waals surface area contributed by atoms with Gasteiger partial charge in [0.05, 0.1) is 0 Å². The molecule has 1 aliphatic rings. The van der Waals surface area contributed by atoms with E-state index in [-0.39, 0.29) is 6.04 Å². The Morgan fingerprint density at radius 2 is 1.88 bits per heavy atom. The Kier molecular flexibility index (Phi) is 5.68.